The molecule has 0 aliphatic carbocycles. The first-order valence-corrected chi connectivity index (χ1v) is 14.9. The van der Waals surface area contributed by atoms with E-state index in [-0.39, 0.29) is 49.3 Å². The molecular weight excluding hydrogens is 566 g/mol. The van der Waals surface area contributed by atoms with Gasteiger partial charge in [0, 0.05) is 31.0 Å². The van der Waals surface area contributed by atoms with Crippen LogP contribution in [-0.4, -0.2) is 76.3 Å². The molecule has 12 heteroatoms. The lowest BCUT2D eigenvalue weighted by Crippen LogP contribution is -2.43. The fourth-order valence-corrected chi connectivity index (χ4v) is 7.63. The fraction of sp³-hybridized carbons (Fsp3) is 0.516. The van der Waals surface area contributed by atoms with E-state index in [0.29, 0.717) is 53.5 Å². The van der Waals surface area contributed by atoms with Gasteiger partial charge in [0.1, 0.15) is 35.7 Å². The van der Waals surface area contributed by atoms with Crippen LogP contribution in [0, 0.1) is 5.82 Å². The van der Waals surface area contributed by atoms with Gasteiger partial charge in [0.25, 0.3) is 12.3 Å². The topological polar surface area (TPSA) is 82.0 Å². The predicted octanol–water partition coefficient (Wildman–Crippen LogP) is 5.39. The number of benzene rings is 2. The molecule has 5 heterocycles. The SMILES string of the molecule is CCc1c(F)ccc2cc(O)cc(N3Cc4nc(OC[C@@]56CCCN5C[C@H](F)C6)nc(N5CCC[C@H]5C(F)F)c4C3=O)c12. The van der Waals surface area contributed by atoms with Crippen molar-refractivity contribution in [1.29, 1.82) is 0 Å². The lowest BCUT2D eigenvalue weighted by atomic mass is 9.95. The minimum atomic E-state index is -2.65. The van der Waals surface area contributed by atoms with Crippen LogP contribution in [0.2, 0.25) is 0 Å². The maximum absolute atomic E-state index is 14.9. The number of aryl methyl sites for hydroxylation is 1. The summed E-state index contributed by atoms with van der Waals surface area (Å²) in [5.74, 6) is -0.971. The Balaban J connectivity index is 1.31. The summed E-state index contributed by atoms with van der Waals surface area (Å²) in [6.45, 7) is 3.33. The second-order valence-electron chi connectivity index (χ2n) is 12.1. The number of hydrogen-bond donors (Lipinski definition) is 1. The molecule has 4 aliphatic heterocycles. The van der Waals surface area contributed by atoms with Crippen LogP contribution in [0.1, 0.15) is 60.6 Å². The molecule has 0 spiro atoms. The number of carbonyl (C=O) groups excluding carboxylic acids is 1. The van der Waals surface area contributed by atoms with Gasteiger partial charge < -0.3 is 19.6 Å². The molecule has 1 amide bonds. The van der Waals surface area contributed by atoms with E-state index in [1.165, 1.54) is 28.0 Å². The van der Waals surface area contributed by atoms with Crippen LogP contribution >= 0.6 is 0 Å². The zero-order valence-corrected chi connectivity index (χ0v) is 23.8. The quantitative estimate of drug-likeness (QED) is 0.365. The third-order valence-electron chi connectivity index (χ3n) is 9.58. The van der Waals surface area contributed by atoms with Crippen LogP contribution < -0.4 is 14.5 Å². The number of hydrogen-bond acceptors (Lipinski definition) is 7. The first kappa shape index (κ1) is 28.1. The average Bonchev–Trinajstić information content (AvgIpc) is 3.74. The molecule has 0 saturated carbocycles. The summed E-state index contributed by atoms with van der Waals surface area (Å²) in [6.07, 6.45) is -0.446. The van der Waals surface area contributed by atoms with Gasteiger partial charge in [-0.15, -0.1) is 0 Å². The molecule has 1 aromatic heterocycles. The van der Waals surface area contributed by atoms with Crippen molar-refractivity contribution in [3.05, 3.63) is 46.9 Å². The van der Waals surface area contributed by atoms with Crippen molar-refractivity contribution >= 4 is 28.2 Å². The number of fused-ring (bicyclic) bond motifs is 3. The molecule has 43 heavy (non-hydrogen) atoms. The Morgan fingerprint density at radius 3 is 2.81 bits per heavy atom. The van der Waals surface area contributed by atoms with Crippen LogP contribution in [0.3, 0.4) is 0 Å². The van der Waals surface area contributed by atoms with Crippen molar-refractivity contribution < 1.29 is 32.2 Å². The van der Waals surface area contributed by atoms with Gasteiger partial charge >= 0.3 is 6.01 Å². The van der Waals surface area contributed by atoms with Crippen molar-refractivity contribution in [2.24, 2.45) is 0 Å². The Hall–Kier alpha value is -3.67. The minimum absolute atomic E-state index is 0.0464. The third kappa shape index (κ3) is 4.56. The maximum atomic E-state index is 14.9. The number of aromatic nitrogens is 2. The monoisotopic (exact) mass is 599 g/mol. The minimum Gasteiger partial charge on any atom is -0.508 e. The Bertz CT molecular complexity index is 1610. The number of ether oxygens (including phenoxy) is 1. The summed E-state index contributed by atoms with van der Waals surface area (Å²) >= 11 is 0. The molecular formula is C31H33F4N5O3. The van der Waals surface area contributed by atoms with Gasteiger partial charge in [-0.1, -0.05) is 13.0 Å². The molecule has 4 aliphatic rings. The Labute approximate surface area is 246 Å². The highest BCUT2D eigenvalue weighted by Gasteiger charge is 2.50. The summed E-state index contributed by atoms with van der Waals surface area (Å²) in [6, 6.07) is 4.63. The van der Waals surface area contributed by atoms with Crippen molar-refractivity contribution in [2.45, 2.75) is 76.2 Å². The molecule has 3 aromatic rings. The van der Waals surface area contributed by atoms with Gasteiger partial charge in [0.15, 0.2) is 0 Å². The second-order valence-corrected chi connectivity index (χ2v) is 12.1. The van der Waals surface area contributed by atoms with E-state index in [1.807, 2.05) is 0 Å². The van der Waals surface area contributed by atoms with Crippen molar-refractivity contribution in [3.63, 3.8) is 0 Å². The molecule has 7 rings (SSSR count). The molecule has 0 unspecified atom stereocenters. The molecule has 3 fully saturated rings. The van der Waals surface area contributed by atoms with Crippen LogP contribution in [0.5, 0.6) is 11.8 Å². The summed E-state index contributed by atoms with van der Waals surface area (Å²) in [4.78, 5) is 28.2. The van der Waals surface area contributed by atoms with E-state index >= 15 is 0 Å². The average molecular weight is 600 g/mol. The number of phenols is 1. The molecule has 3 saturated heterocycles. The van der Waals surface area contributed by atoms with E-state index in [1.54, 1.807) is 13.0 Å². The standard InChI is InChI=1S/C31H33F4N5O3/c1-2-20-21(33)7-6-17-11-19(41)12-24(25(17)20)40-15-22-26(29(40)42)28(39-10-3-5-23(39)27(34)35)37-30(36-22)43-16-31-8-4-9-38(31)14-18(32)13-31/h6-7,11-12,18,23,27,41H,2-5,8-10,13-16H2,1H3/t18-,23+,31+/m1/s1. The van der Waals surface area contributed by atoms with Crippen LogP contribution in [-0.2, 0) is 13.0 Å². The van der Waals surface area contributed by atoms with Crippen molar-refractivity contribution in [2.75, 3.05) is 36.0 Å². The van der Waals surface area contributed by atoms with Crippen LogP contribution in [0.25, 0.3) is 10.8 Å². The first-order chi connectivity index (χ1) is 20.7. The Kier molecular flexibility index (Phi) is 6.87. The van der Waals surface area contributed by atoms with E-state index in [0.717, 1.165) is 19.4 Å². The second kappa shape index (κ2) is 10.5. The Morgan fingerprint density at radius 2 is 2.02 bits per heavy atom. The highest BCUT2D eigenvalue weighted by atomic mass is 19.3. The molecule has 8 nitrogen and oxygen atoms in total. The zero-order chi connectivity index (χ0) is 30.0. The first-order valence-electron chi connectivity index (χ1n) is 14.9. The summed E-state index contributed by atoms with van der Waals surface area (Å²) < 4.78 is 63.6. The number of anilines is 2. The van der Waals surface area contributed by atoms with Crippen molar-refractivity contribution in [3.8, 4) is 11.8 Å². The molecule has 0 bridgehead atoms. The van der Waals surface area contributed by atoms with Crippen molar-refractivity contribution in [1.82, 2.24) is 14.9 Å². The summed E-state index contributed by atoms with van der Waals surface area (Å²) in [5, 5.41) is 11.6. The predicted molar refractivity (Wildman–Crippen MR) is 152 cm³/mol. The van der Waals surface area contributed by atoms with Gasteiger partial charge in [0.2, 0.25) is 0 Å². The summed E-state index contributed by atoms with van der Waals surface area (Å²) in [7, 11) is 0. The Morgan fingerprint density at radius 1 is 1.19 bits per heavy atom. The zero-order valence-electron chi connectivity index (χ0n) is 23.8. The number of carbonyl (C=O) groups is 1. The molecule has 0 radical (unpaired) electrons. The number of aromatic hydroxyl groups is 1. The fourth-order valence-electron chi connectivity index (χ4n) is 7.63. The maximum Gasteiger partial charge on any atom is 0.318 e. The van der Waals surface area contributed by atoms with Gasteiger partial charge in [-0.05, 0) is 61.7 Å². The molecule has 3 atom stereocenters. The smallest absolute Gasteiger partial charge is 0.318 e. The van der Waals surface area contributed by atoms with Gasteiger partial charge in [0.05, 0.1) is 29.5 Å². The molecule has 228 valence electrons. The van der Waals surface area contributed by atoms with Gasteiger partial charge in [-0.25, -0.2) is 17.6 Å². The molecule has 2 aromatic carbocycles. The van der Waals surface area contributed by atoms with Gasteiger partial charge in [-0.3, -0.25) is 9.69 Å². The summed E-state index contributed by atoms with van der Waals surface area (Å²) in [5.41, 5.74) is 0.619. The number of nitrogens with zero attached hydrogens (tertiary/aromatic N) is 5. The normalized spacial score (nSPS) is 25.4. The van der Waals surface area contributed by atoms with E-state index in [4.69, 9.17) is 4.74 Å². The highest BCUT2D eigenvalue weighted by Crippen LogP contribution is 2.43. The van der Waals surface area contributed by atoms with Crippen LogP contribution in [0.15, 0.2) is 24.3 Å². The highest BCUT2D eigenvalue weighted by molar-refractivity contribution is 6.16. The lowest BCUT2D eigenvalue weighted by Gasteiger charge is -2.31. The van der Waals surface area contributed by atoms with Gasteiger partial charge in [-0.2, -0.15) is 9.97 Å². The number of phenolic OH excluding ortho intramolecular Hbond substituents is 1. The number of rotatable bonds is 7. The largest absolute Gasteiger partial charge is 0.508 e. The lowest BCUT2D eigenvalue weighted by molar-refractivity contribution is 0.0992. The number of amides is 1. The van der Waals surface area contributed by atoms with E-state index in [2.05, 4.69) is 14.9 Å². The van der Waals surface area contributed by atoms with E-state index < -0.39 is 35.9 Å². The number of alkyl halides is 3. The molecule has 1 N–H and O–H groups in total. The number of halogens is 4. The van der Waals surface area contributed by atoms with E-state index in [9.17, 15) is 27.5 Å². The third-order valence-corrected chi connectivity index (χ3v) is 9.58. The van der Waals surface area contributed by atoms with Crippen LogP contribution in [0.4, 0.5) is 29.1 Å².